The Morgan fingerprint density at radius 3 is 2.68 bits per heavy atom. The molecular weight excluding hydrogens is 283 g/mol. The normalized spacial score (nSPS) is 11.1. The molecule has 0 saturated carbocycles. The van der Waals surface area contributed by atoms with Crippen LogP contribution in [0.5, 0.6) is 0 Å². The summed E-state index contributed by atoms with van der Waals surface area (Å²) in [6.45, 7) is 6.29. The van der Waals surface area contributed by atoms with Crippen LogP contribution in [0.25, 0.3) is 0 Å². The Labute approximate surface area is 131 Å². The highest BCUT2D eigenvalue weighted by Crippen LogP contribution is 2.04. The maximum absolute atomic E-state index is 13.1. The second-order valence-corrected chi connectivity index (χ2v) is 4.85. The molecule has 0 fully saturated rings. The molecule has 0 bridgehead atoms. The number of nitrogens with one attached hydrogen (secondary N) is 3. The molecule has 3 N–H and O–H groups in total. The SMILES string of the molecule is CCCNC(=O)CCNC(=NCc1cccc(F)c1)NCC. The summed E-state index contributed by atoms with van der Waals surface area (Å²) >= 11 is 0. The summed E-state index contributed by atoms with van der Waals surface area (Å²) in [4.78, 5) is 15.9. The smallest absolute Gasteiger partial charge is 0.221 e. The molecule has 0 atom stereocenters. The van der Waals surface area contributed by atoms with Crippen molar-refractivity contribution in [1.29, 1.82) is 0 Å². The highest BCUT2D eigenvalue weighted by atomic mass is 19.1. The molecule has 0 aliphatic heterocycles. The number of benzene rings is 1. The first-order valence-corrected chi connectivity index (χ1v) is 7.69. The number of carbonyl (C=O) groups excluding carboxylic acids is 1. The van der Waals surface area contributed by atoms with Crippen molar-refractivity contribution in [3.63, 3.8) is 0 Å². The van der Waals surface area contributed by atoms with Gasteiger partial charge in [0.05, 0.1) is 6.54 Å². The van der Waals surface area contributed by atoms with Crippen molar-refractivity contribution in [2.24, 2.45) is 4.99 Å². The number of hydrogen-bond donors (Lipinski definition) is 3. The number of hydrogen-bond acceptors (Lipinski definition) is 2. The Balaban J connectivity index is 2.43. The molecule has 0 saturated heterocycles. The molecule has 0 radical (unpaired) electrons. The van der Waals surface area contributed by atoms with Gasteiger partial charge >= 0.3 is 0 Å². The highest BCUT2D eigenvalue weighted by Gasteiger charge is 2.02. The zero-order valence-corrected chi connectivity index (χ0v) is 13.3. The van der Waals surface area contributed by atoms with E-state index in [1.54, 1.807) is 6.07 Å². The number of amides is 1. The fourth-order valence-electron chi connectivity index (χ4n) is 1.79. The summed E-state index contributed by atoms with van der Waals surface area (Å²) in [5.74, 6) is 0.378. The molecule has 122 valence electrons. The number of rotatable bonds is 8. The summed E-state index contributed by atoms with van der Waals surface area (Å²) < 4.78 is 13.1. The lowest BCUT2D eigenvalue weighted by Crippen LogP contribution is -2.39. The molecule has 0 aliphatic rings. The molecule has 6 heteroatoms. The number of aliphatic imine (C=N–C) groups is 1. The lowest BCUT2D eigenvalue weighted by Gasteiger charge is -2.11. The first kappa shape index (κ1) is 17.9. The van der Waals surface area contributed by atoms with Crippen molar-refractivity contribution in [3.8, 4) is 0 Å². The molecule has 1 amide bonds. The van der Waals surface area contributed by atoms with Crippen LogP contribution in [-0.4, -0.2) is 31.5 Å². The van der Waals surface area contributed by atoms with E-state index in [0.717, 1.165) is 18.5 Å². The number of halogens is 1. The van der Waals surface area contributed by atoms with Gasteiger partial charge in [0.1, 0.15) is 5.82 Å². The molecule has 0 aromatic heterocycles. The number of nitrogens with zero attached hydrogens (tertiary/aromatic N) is 1. The predicted octanol–water partition coefficient (Wildman–Crippen LogP) is 1.80. The minimum atomic E-state index is -0.266. The van der Waals surface area contributed by atoms with E-state index in [9.17, 15) is 9.18 Å². The quantitative estimate of drug-likeness (QED) is 0.507. The van der Waals surface area contributed by atoms with Crippen LogP contribution >= 0.6 is 0 Å². The molecule has 22 heavy (non-hydrogen) atoms. The Morgan fingerprint density at radius 1 is 1.18 bits per heavy atom. The van der Waals surface area contributed by atoms with Gasteiger partial charge < -0.3 is 16.0 Å². The van der Waals surface area contributed by atoms with Gasteiger partial charge in [0.25, 0.3) is 0 Å². The largest absolute Gasteiger partial charge is 0.357 e. The van der Waals surface area contributed by atoms with E-state index >= 15 is 0 Å². The van der Waals surface area contributed by atoms with Crippen LogP contribution in [0.1, 0.15) is 32.3 Å². The average Bonchev–Trinajstić information content (AvgIpc) is 2.50. The van der Waals surface area contributed by atoms with E-state index in [-0.39, 0.29) is 11.7 Å². The van der Waals surface area contributed by atoms with Gasteiger partial charge in [-0.1, -0.05) is 19.1 Å². The van der Waals surface area contributed by atoms with Crippen LogP contribution in [-0.2, 0) is 11.3 Å². The average molecular weight is 308 g/mol. The van der Waals surface area contributed by atoms with Crippen molar-refractivity contribution in [1.82, 2.24) is 16.0 Å². The molecule has 0 unspecified atom stereocenters. The van der Waals surface area contributed by atoms with Gasteiger partial charge in [-0.2, -0.15) is 0 Å². The van der Waals surface area contributed by atoms with Crippen LogP contribution in [0.3, 0.4) is 0 Å². The molecule has 0 heterocycles. The van der Waals surface area contributed by atoms with Crippen molar-refractivity contribution >= 4 is 11.9 Å². The van der Waals surface area contributed by atoms with E-state index < -0.39 is 0 Å². The zero-order chi connectivity index (χ0) is 16.2. The van der Waals surface area contributed by atoms with Crippen LogP contribution in [0.15, 0.2) is 29.3 Å². The molecule has 1 aromatic rings. The minimum Gasteiger partial charge on any atom is -0.357 e. The molecule has 1 aromatic carbocycles. The van der Waals surface area contributed by atoms with Crippen molar-refractivity contribution in [2.45, 2.75) is 33.2 Å². The van der Waals surface area contributed by atoms with Gasteiger partial charge in [0.15, 0.2) is 5.96 Å². The summed E-state index contributed by atoms with van der Waals surface area (Å²) in [6, 6.07) is 6.36. The van der Waals surface area contributed by atoms with Gasteiger partial charge in [-0.05, 0) is 31.0 Å². The molecule has 1 rings (SSSR count). The van der Waals surface area contributed by atoms with E-state index in [0.29, 0.717) is 32.0 Å². The van der Waals surface area contributed by atoms with Crippen molar-refractivity contribution in [2.75, 3.05) is 19.6 Å². The first-order valence-electron chi connectivity index (χ1n) is 7.69. The van der Waals surface area contributed by atoms with E-state index in [4.69, 9.17) is 0 Å². The number of guanidine groups is 1. The standard InChI is InChI=1S/C16H25FN4O/c1-3-9-19-15(22)8-10-20-16(18-4-2)21-12-13-6-5-7-14(17)11-13/h5-7,11H,3-4,8-10,12H2,1-2H3,(H,19,22)(H2,18,20,21). The summed E-state index contributed by atoms with van der Waals surface area (Å²) in [7, 11) is 0. The second-order valence-electron chi connectivity index (χ2n) is 4.85. The number of carbonyl (C=O) groups is 1. The van der Waals surface area contributed by atoms with Gasteiger partial charge in [0, 0.05) is 26.1 Å². The zero-order valence-electron chi connectivity index (χ0n) is 13.3. The molecule has 0 spiro atoms. The fraction of sp³-hybridized carbons (Fsp3) is 0.500. The Kier molecular flexibility index (Phi) is 8.64. The molecule has 5 nitrogen and oxygen atoms in total. The van der Waals surface area contributed by atoms with Crippen LogP contribution < -0.4 is 16.0 Å². The molecule has 0 aliphatic carbocycles. The summed E-state index contributed by atoms with van der Waals surface area (Å²) in [6.07, 6.45) is 1.32. The Morgan fingerprint density at radius 2 is 2.00 bits per heavy atom. The van der Waals surface area contributed by atoms with Gasteiger partial charge in [-0.15, -0.1) is 0 Å². The lowest BCUT2D eigenvalue weighted by atomic mass is 10.2. The van der Waals surface area contributed by atoms with Crippen LogP contribution in [0.4, 0.5) is 4.39 Å². The van der Waals surface area contributed by atoms with Crippen molar-refractivity contribution in [3.05, 3.63) is 35.6 Å². The third-order valence-corrected chi connectivity index (χ3v) is 2.87. The molecular formula is C16H25FN4O. The third kappa shape index (κ3) is 7.61. The Bertz CT molecular complexity index is 491. The minimum absolute atomic E-state index is 0.0235. The fourth-order valence-corrected chi connectivity index (χ4v) is 1.79. The van der Waals surface area contributed by atoms with E-state index in [1.807, 2.05) is 19.9 Å². The topological polar surface area (TPSA) is 65.5 Å². The maximum Gasteiger partial charge on any atom is 0.221 e. The maximum atomic E-state index is 13.1. The van der Waals surface area contributed by atoms with E-state index in [1.165, 1.54) is 12.1 Å². The Hall–Kier alpha value is -2.11. The highest BCUT2D eigenvalue weighted by molar-refractivity contribution is 5.81. The van der Waals surface area contributed by atoms with Crippen LogP contribution in [0, 0.1) is 5.82 Å². The first-order chi connectivity index (χ1) is 10.7. The summed E-state index contributed by atoms with van der Waals surface area (Å²) in [5, 5.41) is 9.02. The van der Waals surface area contributed by atoms with Gasteiger partial charge in [-0.3, -0.25) is 4.79 Å². The van der Waals surface area contributed by atoms with Gasteiger partial charge in [0.2, 0.25) is 5.91 Å². The lowest BCUT2D eigenvalue weighted by molar-refractivity contribution is -0.120. The monoisotopic (exact) mass is 308 g/mol. The van der Waals surface area contributed by atoms with Gasteiger partial charge in [-0.25, -0.2) is 9.38 Å². The van der Waals surface area contributed by atoms with Crippen LogP contribution in [0.2, 0.25) is 0 Å². The third-order valence-electron chi connectivity index (χ3n) is 2.87. The summed E-state index contributed by atoms with van der Waals surface area (Å²) in [5.41, 5.74) is 0.804. The predicted molar refractivity (Wildman–Crippen MR) is 87.1 cm³/mol. The second kappa shape index (κ2) is 10.6. The van der Waals surface area contributed by atoms with Crippen molar-refractivity contribution < 1.29 is 9.18 Å². The van der Waals surface area contributed by atoms with E-state index in [2.05, 4.69) is 20.9 Å².